The second-order valence-electron chi connectivity index (χ2n) is 4.87. The van der Waals surface area contributed by atoms with E-state index in [1.165, 1.54) is 30.3 Å². The van der Waals surface area contributed by atoms with Crippen LogP contribution in [0.2, 0.25) is 0 Å². The molecule has 0 heterocycles. The summed E-state index contributed by atoms with van der Waals surface area (Å²) in [7, 11) is -3.88. The van der Waals surface area contributed by atoms with Crippen LogP contribution in [0.25, 0.3) is 0 Å². The monoisotopic (exact) mass is 400 g/mol. The predicted molar refractivity (Wildman–Crippen MR) is 87.4 cm³/mol. The van der Waals surface area contributed by atoms with Gasteiger partial charge in [-0.15, -0.1) is 4.83 Å². The van der Waals surface area contributed by atoms with E-state index in [0.29, 0.717) is 15.6 Å². The van der Waals surface area contributed by atoms with Crippen molar-refractivity contribution >= 4 is 31.9 Å². The second-order valence-corrected chi connectivity index (χ2v) is 7.43. The molecule has 2 N–H and O–H groups in total. The van der Waals surface area contributed by atoms with Gasteiger partial charge in [0.1, 0.15) is 5.82 Å². The zero-order valence-electron chi connectivity index (χ0n) is 12.1. The molecule has 0 aliphatic heterocycles. The fraction of sp³-hybridized carbons (Fsp3) is 0.133. The van der Waals surface area contributed by atoms with E-state index >= 15 is 0 Å². The van der Waals surface area contributed by atoms with E-state index in [2.05, 4.69) is 26.2 Å². The van der Waals surface area contributed by atoms with Gasteiger partial charge in [0.15, 0.2) is 0 Å². The third kappa shape index (κ3) is 4.85. The fourth-order valence-corrected chi connectivity index (χ4v) is 3.52. The fourth-order valence-electron chi connectivity index (χ4n) is 1.87. The Morgan fingerprint density at radius 1 is 1.17 bits per heavy atom. The molecule has 5 nitrogen and oxygen atoms in total. The zero-order valence-corrected chi connectivity index (χ0v) is 14.5. The summed E-state index contributed by atoms with van der Waals surface area (Å²) in [6.45, 7) is 1.65. The summed E-state index contributed by atoms with van der Waals surface area (Å²) >= 11 is 3.21. The molecule has 2 aromatic rings. The summed E-state index contributed by atoms with van der Waals surface area (Å²) in [5.41, 5.74) is 3.27. The maximum atomic E-state index is 12.8. The molecule has 0 aliphatic rings. The summed E-state index contributed by atoms with van der Waals surface area (Å²) in [5.74, 6) is -0.951. The SMILES string of the molecule is Cc1ccc(Br)cc1S(=O)(=O)NNC(=O)Cc1ccc(F)cc1. The summed E-state index contributed by atoms with van der Waals surface area (Å²) < 4.78 is 37.8. The topological polar surface area (TPSA) is 75.3 Å². The first-order valence-electron chi connectivity index (χ1n) is 6.59. The van der Waals surface area contributed by atoms with Crippen LogP contribution >= 0.6 is 15.9 Å². The van der Waals surface area contributed by atoms with Gasteiger partial charge < -0.3 is 0 Å². The van der Waals surface area contributed by atoms with Crippen molar-refractivity contribution in [2.75, 3.05) is 0 Å². The molecule has 0 saturated carbocycles. The van der Waals surface area contributed by atoms with Crippen LogP contribution in [0.3, 0.4) is 0 Å². The van der Waals surface area contributed by atoms with Gasteiger partial charge in [-0.25, -0.2) is 12.8 Å². The summed E-state index contributed by atoms with van der Waals surface area (Å²) in [4.78, 5) is 13.9. The van der Waals surface area contributed by atoms with Crippen LogP contribution in [0.5, 0.6) is 0 Å². The Hall–Kier alpha value is -1.77. The van der Waals surface area contributed by atoms with Crippen LogP contribution in [0, 0.1) is 12.7 Å². The van der Waals surface area contributed by atoms with Gasteiger partial charge in [-0.2, -0.15) is 0 Å². The van der Waals surface area contributed by atoms with E-state index in [0.717, 1.165) is 0 Å². The molecular weight excluding hydrogens is 387 g/mol. The number of aryl methyl sites for hydroxylation is 1. The van der Waals surface area contributed by atoms with Gasteiger partial charge in [-0.05, 0) is 42.3 Å². The smallest absolute Gasteiger partial charge is 0.257 e. The quantitative estimate of drug-likeness (QED) is 0.756. The second kappa shape index (κ2) is 7.20. The Morgan fingerprint density at radius 2 is 1.83 bits per heavy atom. The van der Waals surface area contributed by atoms with Crippen molar-refractivity contribution in [2.45, 2.75) is 18.2 Å². The average molecular weight is 401 g/mol. The highest BCUT2D eigenvalue weighted by atomic mass is 79.9. The average Bonchev–Trinajstić information content (AvgIpc) is 2.50. The van der Waals surface area contributed by atoms with E-state index < -0.39 is 21.7 Å². The number of hydrogen-bond acceptors (Lipinski definition) is 3. The van der Waals surface area contributed by atoms with Gasteiger partial charge in [0.25, 0.3) is 10.0 Å². The Kier molecular flexibility index (Phi) is 5.51. The first-order valence-corrected chi connectivity index (χ1v) is 8.87. The molecule has 8 heteroatoms. The molecule has 122 valence electrons. The summed E-state index contributed by atoms with van der Waals surface area (Å²) in [6.07, 6.45) is -0.0692. The number of hydrogen-bond donors (Lipinski definition) is 2. The minimum absolute atomic E-state index is 0.0638. The van der Waals surface area contributed by atoms with Gasteiger partial charge in [0.2, 0.25) is 5.91 Å². The predicted octanol–water partition coefficient (Wildman–Crippen LogP) is 2.45. The molecule has 2 aromatic carbocycles. The number of sulfonamides is 1. The van der Waals surface area contributed by atoms with Crippen molar-refractivity contribution in [3.05, 3.63) is 63.9 Å². The molecule has 0 aliphatic carbocycles. The number of hydrazine groups is 1. The number of amides is 1. The molecule has 0 unspecified atom stereocenters. The lowest BCUT2D eigenvalue weighted by molar-refractivity contribution is -0.120. The van der Waals surface area contributed by atoms with E-state index in [4.69, 9.17) is 0 Å². The third-order valence-corrected chi connectivity index (χ3v) is 4.93. The van der Waals surface area contributed by atoms with Crippen LogP contribution in [-0.4, -0.2) is 14.3 Å². The van der Waals surface area contributed by atoms with Crippen LogP contribution < -0.4 is 10.3 Å². The maximum Gasteiger partial charge on any atom is 0.257 e. The van der Waals surface area contributed by atoms with Gasteiger partial charge in [-0.3, -0.25) is 10.2 Å². The summed E-state index contributed by atoms with van der Waals surface area (Å²) in [6, 6.07) is 10.2. The third-order valence-electron chi connectivity index (χ3n) is 3.04. The molecule has 23 heavy (non-hydrogen) atoms. The first kappa shape index (κ1) is 17.6. The van der Waals surface area contributed by atoms with Gasteiger partial charge in [0.05, 0.1) is 11.3 Å². The Morgan fingerprint density at radius 3 is 2.48 bits per heavy atom. The molecule has 0 bridgehead atoms. The van der Waals surface area contributed by atoms with E-state index in [1.54, 1.807) is 19.1 Å². The zero-order chi connectivity index (χ0) is 17.0. The van der Waals surface area contributed by atoms with Crippen molar-refractivity contribution in [3.63, 3.8) is 0 Å². The standard InChI is InChI=1S/C15H14BrFN2O3S/c1-10-2-5-12(16)9-14(10)23(21,22)19-18-15(20)8-11-3-6-13(17)7-4-11/h2-7,9,19H,8H2,1H3,(H,18,20). The molecule has 0 fully saturated rings. The highest BCUT2D eigenvalue weighted by Gasteiger charge is 2.18. The van der Waals surface area contributed by atoms with E-state index in [9.17, 15) is 17.6 Å². The van der Waals surface area contributed by atoms with Crippen molar-refractivity contribution < 1.29 is 17.6 Å². The number of nitrogens with one attached hydrogen (secondary N) is 2. The molecule has 0 radical (unpaired) electrons. The minimum Gasteiger partial charge on any atom is -0.277 e. The molecule has 1 amide bonds. The number of halogens is 2. The van der Waals surface area contributed by atoms with Crippen LogP contribution in [0.1, 0.15) is 11.1 Å². The highest BCUT2D eigenvalue weighted by Crippen LogP contribution is 2.20. The number of rotatable bonds is 5. The molecule has 0 spiro atoms. The highest BCUT2D eigenvalue weighted by molar-refractivity contribution is 9.10. The van der Waals surface area contributed by atoms with Crippen LogP contribution in [-0.2, 0) is 21.2 Å². The molecule has 2 rings (SSSR count). The number of benzene rings is 2. The lowest BCUT2D eigenvalue weighted by Crippen LogP contribution is -2.42. The van der Waals surface area contributed by atoms with Crippen molar-refractivity contribution in [1.29, 1.82) is 0 Å². The Bertz CT molecular complexity index is 823. The van der Waals surface area contributed by atoms with Gasteiger partial charge in [-0.1, -0.05) is 34.1 Å². The van der Waals surface area contributed by atoms with Gasteiger partial charge >= 0.3 is 0 Å². The summed E-state index contributed by atoms with van der Waals surface area (Å²) in [5, 5.41) is 0. The van der Waals surface area contributed by atoms with E-state index in [-0.39, 0.29) is 11.3 Å². The minimum atomic E-state index is -3.88. The largest absolute Gasteiger partial charge is 0.277 e. The van der Waals surface area contributed by atoms with Crippen LogP contribution in [0.15, 0.2) is 51.8 Å². The lowest BCUT2D eigenvalue weighted by Gasteiger charge is -2.11. The number of carbonyl (C=O) groups is 1. The normalized spacial score (nSPS) is 11.3. The van der Waals surface area contributed by atoms with Crippen molar-refractivity contribution in [1.82, 2.24) is 10.3 Å². The molecule has 0 aromatic heterocycles. The molecule has 0 saturated heterocycles. The lowest BCUT2D eigenvalue weighted by atomic mass is 10.1. The van der Waals surface area contributed by atoms with E-state index in [1.807, 2.05) is 0 Å². The maximum absolute atomic E-state index is 12.8. The first-order chi connectivity index (χ1) is 10.8. The Balaban J connectivity index is 2.02. The molecule has 0 atom stereocenters. The number of carbonyl (C=O) groups excluding carboxylic acids is 1. The van der Waals surface area contributed by atoms with Crippen LogP contribution in [0.4, 0.5) is 4.39 Å². The Labute approximate surface area is 142 Å². The molecular formula is C15H14BrFN2O3S. The van der Waals surface area contributed by atoms with Crippen molar-refractivity contribution in [2.24, 2.45) is 0 Å². The van der Waals surface area contributed by atoms with Crippen molar-refractivity contribution in [3.8, 4) is 0 Å². The van der Waals surface area contributed by atoms with Gasteiger partial charge in [0, 0.05) is 4.47 Å².